The topological polar surface area (TPSA) is 52.0 Å². The number of pyridine rings is 1. The van der Waals surface area contributed by atoms with Crippen molar-refractivity contribution >= 4 is 43.5 Å². The Labute approximate surface area is 130 Å². The molecule has 102 valence electrons. The van der Waals surface area contributed by atoms with Gasteiger partial charge in [0.25, 0.3) is 10.0 Å². The molecular weight excluding hydrogens is 387 g/mol. The third kappa shape index (κ3) is 2.12. The molecule has 0 bridgehead atoms. The summed E-state index contributed by atoms with van der Waals surface area (Å²) in [5.41, 5.74) is 1.62. The van der Waals surface area contributed by atoms with Crippen LogP contribution in [0.1, 0.15) is 5.56 Å². The Kier molecular flexibility index (Phi) is 3.29. The number of rotatable bonds is 2. The first kappa shape index (κ1) is 13.6. The minimum atomic E-state index is -3.59. The van der Waals surface area contributed by atoms with Crippen LogP contribution < -0.4 is 0 Å². The summed E-state index contributed by atoms with van der Waals surface area (Å²) in [5.74, 6) is 0. The van der Waals surface area contributed by atoms with Gasteiger partial charge in [0.15, 0.2) is 0 Å². The molecule has 2 aromatic heterocycles. The third-order valence-electron chi connectivity index (χ3n) is 3.10. The minimum Gasteiger partial charge on any atom is -0.262 e. The molecule has 0 saturated heterocycles. The van der Waals surface area contributed by atoms with Crippen molar-refractivity contribution in [2.75, 3.05) is 0 Å². The van der Waals surface area contributed by atoms with Gasteiger partial charge >= 0.3 is 0 Å². The third-order valence-corrected chi connectivity index (χ3v) is 5.65. The van der Waals surface area contributed by atoms with E-state index in [1.54, 1.807) is 42.9 Å². The SMILES string of the molecule is Cc1ccc(S(=O)(=O)n2cc(I)c3ccncc32)cc1. The smallest absolute Gasteiger partial charge is 0.262 e. The summed E-state index contributed by atoms with van der Waals surface area (Å²) in [4.78, 5) is 4.30. The van der Waals surface area contributed by atoms with E-state index < -0.39 is 10.0 Å². The molecule has 0 amide bonds. The van der Waals surface area contributed by atoms with Gasteiger partial charge in [0, 0.05) is 21.4 Å². The molecule has 0 fully saturated rings. The average molecular weight is 398 g/mol. The van der Waals surface area contributed by atoms with E-state index in [9.17, 15) is 8.42 Å². The second kappa shape index (κ2) is 4.85. The normalized spacial score (nSPS) is 11.9. The van der Waals surface area contributed by atoms with E-state index in [-0.39, 0.29) is 4.90 Å². The number of benzene rings is 1. The fourth-order valence-corrected chi connectivity index (χ4v) is 4.31. The van der Waals surface area contributed by atoms with E-state index in [4.69, 9.17) is 0 Å². The quantitative estimate of drug-likeness (QED) is 0.624. The number of aryl methyl sites for hydroxylation is 1. The zero-order valence-corrected chi connectivity index (χ0v) is 13.6. The number of hydrogen-bond acceptors (Lipinski definition) is 3. The molecule has 0 saturated carbocycles. The summed E-state index contributed by atoms with van der Waals surface area (Å²) >= 11 is 2.13. The molecule has 6 heteroatoms. The molecule has 0 aliphatic rings. The average Bonchev–Trinajstić information content (AvgIpc) is 2.78. The number of aromatic nitrogens is 2. The van der Waals surface area contributed by atoms with Gasteiger partial charge in [0.1, 0.15) is 0 Å². The molecule has 0 N–H and O–H groups in total. The fourth-order valence-electron chi connectivity index (χ4n) is 2.03. The molecule has 3 aromatic rings. The summed E-state index contributed by atoms with van der Waals surface area (Å²) in [6.45, 7) is 1.92. The van der Waals surface area contributed by atoms with Crippen molar-refractivity contribution in [3.8, 4) is 0 Å². The van der Waals surface area contributed by atoms with Crippen molar-refractivity contribution in [3.05, 3.63) is 58.1 Å². The van der Waals surface area contributed by atoms with Crippen LogP contribution in [0.5, 0.6) is 0 Å². The Morgan fingerprint density at radius 2 is 1.85 bits per heavy atom. The molecule has 3 rings (SSSR count). The first-order valence-corrected chi connectivity index (χ1v) is 8.45. The molecule has 0 unspecified atom stereocenters. The lowest BCUT2D eigenvalue weighted by Gasteiger charge is -2.07. The van der Waals surface area contributed by atoms with Crippen LogP contribution in [0.25, 0.3) is 10.9 Å². The molecule has 0 spiro atoms. The highest BCUT2D eigenvalue weighted by molar-refractivity contribution is 14.1. The van der Waals surface area contributed by atoms with Crippen LogP contribution in [0.4, 0.5) is 0 Å². The Morgan fingerprint density at radius 1 is 1.15 bits per heavy atom. The van der Waals surface area contributed by atoms with Crippen LogP contribution in [-0.4, -0.2) is 17.4 Å². The van der Waals surface area contributed by atoms with E-state index in [2.05, 4.69) is 27.6 Å². The second-order valence-corrected chi connectivity index (χ2v) is 7.46. The lowest BCUT2D eigenvalue weighted by Crippen LogP contribution is -2.11. The van der Waals surface area contributed by atoms with Gasteiger partial charge in [-0.3, -0.25) is 4.98 Å². The van der Waals surface area contributed by atoms with E-state index in [1.165, 1.54) is 3.97 Å². The van der Waals surface area contributed by atoms with Gasteiger partial charge in [-0.15, -0.1) is 0 Å². The van der Waals surface area contributed by atoms with Crippen molar-refractivity contribution in [2.24, 2.45) is 0 Å². The lowest BCUT2D eigenvalue weighted by atomic mass is 10.2. The Balaban J connectivity index is 2.27. The summed E-state index contributed by atoms with van der Waals surface area (Å²) in [6, 6.07) is 8.65. The molecule has 0 aliphatic heterocycles. The molecule has 0 atom stereocenters. The van der Waals surface area contributed by atoms with Gasteiger partial charge < -0.3 is 0 Å². The van der Waals surface area contributed by atoms with Gasteiger partial charge in [-0.1, -0.05) is 17.7 Å². The highest BCUT2D eigenvalue weighted by atomic mass is 127. The van der Waals surface area contributed by atoms with Crippen molar-refractivity contribution in [1.82, 2.24) is 8.96 Å². The molecule has 0 radical (unpaired) electrons. The number of hydrogen-bond donors (Lipinski definition) is 0. The number of fused-ring (bicyclic) bond motifs is 1. The lowest BCUT2D eigenvalue weighted by molar-refractivity contribution is 0.589. The first-order valence-electron chi connectivity index (χ1n) is 5.93. The van der Waals surface area contributed by atoms with Crippen molar-refractivity contribution < 1.29 is 8.42 Å². The van der Waals surface area contributed by atoms with E-state index in [0.29, 0.717) is 5.52 Å². The predicted molar refractivity (Wildman–Crippen MR) is 86.2 cm³/mol. The summed E-state index contributed by atoms with van der Waals surface area (Å²) in [5, 5.41) is 0.885. The maximum Gasteiger partial charge on any atom is 0.268 e. The molecule has 4 nitrogen and oxygen atoms in total. The molecule has 1 aromatic carbocycles. The second-order valence-electron chi connectivity index (χ2n) is 4.48. The van der Waals surface area contributed by atoms with Crippen LogP contribution in [0.3, 0.4) is 0 Å². The molecule has 0 aliphatic carbocycles. The standard InChI is InChI=1S/C14H11IN2O2S/c1-10-2-4-11(5-3-10)20(18,19)17-9-13(15)12-6-7-16-8-14(12)17/h2-9H,1H3. The number of nitrogens with zero attached hydrogens (tertiary/aromatic N) is 2. The fraction of sp³-hybridized carbons (Fsp3) is 0.0714. The summed E-state index contributed by atoms with van der Waals surface area (Å²) < 4.78 is 27.6. The zero-order chi connectivity index (χ0) is 14.3. The molecular formula is C14H11IN2O2S. The Bertz CT molecular complexity index is 883. The van der Waals surface area contributed by atoms with Crippen LogP contribution in [0.2, 0.25) is 0 Å². The van der Waals surface area contributed by atoms with Crippen molar-refractivity contribution in [2.45, 2.75) is 11.8 Å². The largest absolute Gasteiger partial charge is 0.268 e. The van der Waals surface area contributed by atoms with E-state index in [1.807, 2.05) is 13.0 Å². The Morgan fingerprint density at radius 3 is 2.55 bits per heavy atom. The first-order chi connectivity index (χ1) is 9.50. The van der Waals surface area contributed by atoms with Gasteiger partial charge in [-0.2, -0.15) is 0 Å². The van der Waals surface area contributed by atoms with Gasteiger partial charge in [-0.05, 0) is 47.7 Å². The maximum absolute atomic E-state index is 12.7. The van der Waals surface area contributed by atoms with Crippen LogP contribution >= 0.6 is 22.6 Å². The minimum absolute atomic E-state index is 0.278. The monoisotopic (exact) mass is 398 g/mol. The van der Waals surface area contributed by atoms with Crippen molar-refractivity contribution in [3.63, 3.8) is 0 Å². The van der Waals surface area contributed by atoms with Crippen LogP contribution in [0, 0.1) is 10.5 Å². The zero-order valence-electron chi connectivity index (χ0n) is 10.6. The van der Waals surface area contributed by atoms with Gasteiger partial charge in [0.2, 0.25) is 0 Å². The van der Waals surface area contributed by atoms with E-state index >= 15 is 0 Å². The summed E-state index contributed by atoms with van der Waals surface area (Å²) in [7, 11) is -3.59. The predicted octanol–water partition coefficient (Wildman–Crippen LogP) is 3.19. The van der Waals surface area contributed by atoms with Crippen LogP contribution in [0.15, 0.2) is 53.8 Å². The Hall–Kier alpha value is -1.41. The van der Waals surface area contributed by atoms with Gasteiger partial charge in [0.05, 0.1) is 16.6 Å². The highest BCUT2D eigenvalue weighted by Crippen LogP contribution is 2.26. The van der Waals surface area contributed by atoms with Gasteiger partial charge in [-0.25, -0.2) is 12.4 Å². The van der Waals surface area contributed by atoms with E-state index in [0.717, 1.165) is 14.5 Å². The molecule has 2 heterocycles. The molecule has 20 heavy (non-hydrogen) atoms. The van der Waals surface area contributed by atoms with Crippen LogP contribution in [-0.2, 0) is 10.0 Å². The highest BCUT2D eigenvalue weighted by Gasteiger charge is 2.20. The number of halogens is 1. The summed E-state index contributed by atoms with van der Waals surface area (Å²) in [6.07, 6.45) is 4.86. The maximum atomic E-state index is 12.7. The van der Waals surface area contributed by atoms with Crippen molar-refractivity contribution in [1.29, 1.82) is 0 Å².